The Morgan fingerprint density at radius 1 is 1.50 bits per heavy atom. The minimum absolute atomic E-state index is 0.131. The lowest BCUT2D eigenvalue weighted by molar-refractivity contribution is -0.139. The number of hydrogen-bond donors (Lipinski definition) is 1. The van der Waals surface area contributed by atoms with Crippen LogP contribution in [0.15, 0.2) is 0 Å². The normalized spacial score (nSPS) is 13.8. The molecule has 0 spiro atoms. The lowest BCUT2D eigenvalue weighted by Gasteiger charge is -2.28. The highest BCUT2D eigenvalue weighted by Gasteiger charge is 2.24. The lowest BCUT2D eigenvalue weighted by atomic mass is 9.92. The molecule has 0 aromatic carbocycles. The van der Waals surface area contributed by atoms with Crippen molar-refractivity contribution in [3.05, 3.63) is 0 Å². The highest BCUT2D eigenvalue weighted by Crippen LogP contribution is 2.29. The van der Waals surface area contributed by atoms with Crippen LogP contribution in [0.25, 0.3) is 0 Å². The van der Waals surface area contributed by atoms with Crippen molar-refractivity contribution < 1.29 is 9.53 Å². The van der Waals surface area contributed by atoms with Crippen molar-refractivity contribution >= 4 is 17.7 Å². The van der Waals surface area contributed by atoms with E-state index in [1.807, 2.05) is 6.92 Å². The van der Waals surface area contributed by atoms with Gasteiger partial charge in [-0.3, -0.25) is 4.79 Å². The van der Waals surface area contributed by atoms with Gasteiger partial charge in [-0.2, -0.15) is 0 Å². The van der Waals surface area contributed by atoms with Crippen LogP contribution in [0.4, 0.5) is 0 Å². The number of hydrogen-bond acceptors (Lipinski definition) is 4. The van der Waals surface area contributed by atoms with E-state index in [1.165, 1.54) is 0 Å². The molecule has 3 nitrogen and oxygen atoms in total. The number of esters is 1. The van der Waals surface area contributed by atoms with Crippen LogP contribution in [0, 0.1) is 5.41 Å². The Hall–Kier alpha value is -0.220. The summed E-state index contributed by atoms with van der Waals surface area (Å²) < 4.78 is 4.85. The zero-order valence-corrected chi connectivity index (χ0v) is 10.3. The molecule has 1 unspecified atom stereocenters. The highest BCUT2D eigenvalue weighted by molar-refractivity contribution is 8.00. The Morgan fingerprint density at radius 3 is 2.43 bits per heavy atom. The van der Waals surface area contributed by atoms with Crippen LogP contribution >= 0.6 is 11.8 Å². The molecular formula is C10H21NO2S. The molecule has 14 heavy (non-hydrogen) atoms. The fourth-order valence-corrected chi connectivity index (χ4v) is 2.10. The molecule has 0 saturated heterocycles. The van der Waals surface area contributed by atoms with Gasteiger partial charge in [-0.1, -0.05) is 20.8 Å². The first kappa shape index (κ1) is 13.8. The van der Waals surface area contributed by atoms with Gasteiger partial charge in [0.25, 0.3) is 0 Å². The summed E-state index contributed by atoms with van der Waals surface area (Å²) in [5, 5.41) is 0.298. The van der Waals surface area contributed by atoms with Gasteiger partial charge in [-0.05, 0) is 12.3 Å². The molecule has 1 atom stereocenters. The van der Waals surface area contributed by atoms with Gasteiger partial charge in [-0.15, -0.1) is 11.8 Å². The van der Waals surface area contributed by atoms with E-state index >= 15 is 0 Å². The van der Waals surface area contributed by atoms with Crippen LogP contribution < -0.4 is 5.73 Å². The zero-order chi connectivity index (χ0) is 11.2. The van der Waals surface area contributed by atoms with Gasteiger partial charge >= 0.3 is 5.97 Å². The van der Waals surface area contributed by atoms with Crippen molar-refractivity contribution in [1.82, 2.24) is 0 Å². The van der Waals surface area contributed by atoms with E-state index in [2.05, 4.69) is 20.8 Å². The third-order valence-electron chi connectivity index (χ3n) is 1.89. The van der Waals surface area contributed by atoms with Gasteiger partial charge in [0.2, 0.25) is 0 Å². The summed E-state index contributed by atoms with van der Waals surface area (Å²) in [7, 11) is 0. The van der Waals surface area contributed by atoms with Crippen LogP contribution in [-0.4, -0.2) is 30.1 Å². The largest absolute Gasteiger partial charge is 0.465 e. The van der Waals surface area contributed by atoms with Crippen molar-refractivity contribution in [2.75, 3.05) is 18.9 Å². The van der Waals surface area contributed by atoms with Gasteiger partial charge in [0.1, 0.15) is 0 Å². The van der Waals surface area contributed by atoms with E-state index in [0.717, 1.165) is 0 Å². The van der Waals surface area contributed by atoms with Gasteiger partial charge < -0.3 is 10.5 Å². The molecule has 84 valence electrons. The van der Waals surface area contributed by atoms with E-state index < -0.39 is 0 Å². The Kier molecular flexibility index (Phi) is 6.20. The molecule has 0 radical (unpaired) electrons. The maximum Gasteiger partial charge on any atom is 0.315 e. The number of carbonyl (C=O) groups is 1. The summed E-state index contributed by atoms with van der Waals surface area (Å²) in [4.78, 5) is 11.1. The molecule has 4 heteroatoms. The summed E-state index contributed by atoms with van der Waals surface area (Å²) in [5.74, 6) is 0.243. The maximum atomic E-state index is 11.1. The fraction of sp³-hybridized carbons (Fsp3) is 0.900. The first-order chi connectivity index (χ1) is 6.41. The molecule has 0 aliphatic heterocycles. The molecule has 0 rings (SSSR count). The molecule has 2 N–H and O–H groups in total. The van der Waals surface area contributed by atoms with Crippen molar-refractivity contribution in [3.63, 3.8) is 0 Å². The van der Waals surface area contributed by atoms with E-state index in [9.17, 15) is 4.79 Å². The Balaban J connectivity index is 3.91. The second-order valence-electron chi connectivity index (χ2n) is 4.21. The lowest BCUT2D eigenvalue weighted by Crippen LogP contribution is -2.32. The van der Waals surface area contributed by atoms with Crippen LogP contribution in [0.1, 0.15) is 27.7 Å². The second-order valence-corrected chi connectivity index (χ2v) is 5.40. The first-order valence-electron chi connectivity index (χ1n) is 4.89. The average molecular weight is 219 g/mol. The summed E-state index contributed by atoms with van der Waals surface area (Å²) in [5.41, 5.74) is 5.78. The van der Waals surface area contributed by atoms with Gasteiger partial charge in [-0.25, -0.2) is 0 Å². The van der Waals surface area contributed by atoms with Crippen molar-refractivity contribution in [3.8, 4) is 0 Å². The van der Waals surface area contributed by atoms with Crippen LogP contribution in [0.2, 0.25) is 0 Å². The minimum atomic E-state index is -0.153. The Labute approximate surface area is 90.8 Å². The molecule has 0 aliphatic rings. The number of carbonyl (C=O) groups excluding carboxylic acids is 1. The van der Waals surface area contributed by atoms with Crippen molar-refractivity contribution in [1.29, 1.82) is 0 Å². The molecule has 0 fully saturated rings. The quantitative estimate of drug-likeness (QED) is 0.714. The summed E-state index contributed by atoms with van der Waals surface area (Å²) in [6.45, 7) is 9.23. The molecule has 0 aliphatic carbocycles. The highest BCUT2D eigenvalue weighted by atomic mass is 32.2. The molecular weight excluding hydrogens is 198 g/mol. The smallest absolute Gasteiger partial charge is 0.315 e. The van der Waals surface area contributed by atoms with E-state index in [4.69, 9.17) is 10.5 Å². The molecule has 0 amide bonds. The zero-order valence-electron chi connectivity index (χ0n) is 9.50. The van der Waals surface area contributed by atoms with E-state index in [0.29, 0.717) is 24.2 Å². The predicted octanol–water partition coefficient (Wildman–Crippen LogP) is 1.66. The number of nitrogens with two attached hydrogens (primary N) is 1. The van der Waals surface area contributed by atoms with Crippen LogP contribution in [0.3, 0.4) is 0 Å². The average Bonchev–Trinajstić information content (AvgIpc) is 2.03. The number of rotatable bonds is 5. The summed E-state index contributed by atoms with van der Waals surface area (Å²) >= 11 is 1.58. The monoisotopic (exact) mass is 219 g/mol. The molecule has 0 bridgehead atoms. The molecule has 0 aromatic heterocycles. The molecule has 0 saturated carbocycles. The van der Waals surface area contributed by atoms with Gasteiger partial charge in [0, 0.05) is 11.8 Å². The van der Waals surface area contributed by atoms with Crippen LogP contribution in [0.5, 0.6) is 0 Å². The van der Waals surface area contributed by atoms with E-state index in [1.54, 1.807) is 11.8 Å². The maximum absolute atomic E-state index is 11.1. The number of ether oxygens (including phenoxy) is 1. The number of thioether (sulfide) groups is 1. The molecule has 0 heterocycles. The van der Waals surface area contributed by atoms with Gasteiger partial charge in [0.05, 0.1) is 12.4 Å². The summed E-state index contributed by atoms with van der Waals surface area (Å²) in [6.07, 6.45) is 0. The first-order valence-corrected chi connectivity index (χ1v) is 5.94. The Bertz CT molecular complexity index is 177. The third kappa shape index (κ3) is 5.50. The summed E-state index contributed by atoms with van der Waals surface area (Å²) in [6, 6.07) is 0. The molecule has 0 aromatic rings. The second kappa shape index (κ2) is 6.30. The SMILES string of the molecule is CCOC(=O)CSC(CN)C(C)(C)C. The van der Waals surface area contributed by atoms with E-state index in [-0.39, 0.29) is 11.4 Å². The van der Waals surface area contributed by atoms with Crippen molar-refractivity contribution in [2.24, 2.45) is 11.1 Å². The topological polar surface area (TPSA) is 52.3 Å². The predicted molar refractivity (Wildman–Crippen MR) is 61.4 cm³/mol. The van der Waals surface area contributed by atoms with Crippen molar-refractivity contribution in [2.45, 2.75) is 32.9 Å². The third-order valence-corrected chi connectivity index (χ3v) is 3.59. The van der Waals surface area contributed by atoms with Crippen LogP contribution in [-0.2, 0) is 9.53 Å². The van der Waals surface area contributed by atoms with Gasteiger partial charge in [0.15, 0.2) is 0 Å². The minimum Gasteiger partial charge on any atom is -0.465 e. The fourth-order valence-electron chi connectivity index (χ4n) is 1.04. The standard InChI is InChI=1S/C10H21NO2S/c1-5-13-9(12)7-14-8(6-11)10(2,3)4/h8H,5-7,11H2,1-4H3. The Morgan fingerprint density at radius 2 is 2.07 bits per heavy atom.